The monoisotopic (exact) mass is 446 g/mol. The first-order valence-corrected chi connectivity index (χ1v) is 10.3. The zero-order valence-corrected chi connectivity index (χ0v) is 17.1. The number of thioether (sulfide) groups is 1. The molecular formula is C22H17F3N2O3S. The minimum absolute atomic E-state index is 0.0972. The number of fused-ring (bicyclic) bond motifs is 1. The molecule has 2 aromatic carbocycles. The summed E-state index contributed by atoms with van der Waals surface area (Å²) in [5.74, 6) is 0.521. The van der Waals surface area contributed by atoms with Crippen molar-refractivity contribution < 1.29 is 27.5 Å². The van der Waals surface area contributed by atoms with Crippen molar-refractivity contribution in [1.29, 1.82) is 0 Å². The first-order chi connectivity index (χ1) is 14.7. The third kappa shape index (κ3) is 4.61. The largest absolute Gasteiger partial charge is 0.480 e. The van der Waals surface area contributed by atoms with Gasteiger partial charge in [-0.2, -0.15) is 13.2 Å². The molecule has 9 heteroatoms. The first kappa shape index (κ1) is 21.0. The Bertz CT molecular complexity index is 1240. The molecule has 1 N–H and O–H groups in total. The highest BCUT2D eigenvalue weighted by Crippen LogP contribution is 2.33. The molecule has 160 valence electrons. The number of hydrogen-bond donors (Lipinski definition) is 1. The van der Waals surface area contributed by atoms with E-state index in [1.807, 2.05) is 24.3 Å². The second-order valence-electron chi connectivity index (χ2n) is 6.95. The van der Waals surface area contributed by atoms with E-state index in [9.17, 15) is 18.0 Å². The fourth-order valence-electron chi connectivity index (χ4n) is 3.19. The van der Waals surface area contributed by atoms with E-state index in [2.05, 4.69) is 4.98 Å². The van der Waals surface area contributed by atoms with Crippen molar-refractivity contribution in [2.24, 2.45) is 0 Å². The fraction of sp³-hybridized carbons (Fsp3) is 0.182. The van der Waals surface area contributed by atoms with Crippen LogP contribution in [0.25, 0.3) is 22.4 Å². The smallest absolute Gasteiger partial charge is 0.416 e. The van der Waals surface area contributed by atoms with Crippen molar-refractivity contribution in [1.82, 2.24) is 9.55 Å². The standard InChI is InChI=1S/C22H17F3N2O3S/c1-13-19(30-21(26-13)14-2-4-16(5-3-14)22(23,24)25)12-31-17-6-7-18-15(10-17)8-9-27(18)11-20(28)29/h2-10H,11-12H2,1H3,(H,28,29). The van der Waals surface area contributed by atoms with Gasteiger partial charge in [0.2, 0.25) is 5.89 Å². The highest BCUT2D eigenvalue weighted by atomic mass is 32.2. The molecular weight excluding hydrogens is 429 g/mol. The number of aryl methyl sites for hydroxylation is 1. The highest BCUT2D eigenvalue weighted by molar-refractivity contribution is 7.98. The lowest BCUT2D eigenvalue weighted by Crippen LogP contribution is -2.06. The lowest BCUT2D eigenvalue weighted by atomic mass is 10.1. The fourth-order valence-corrected chi connectivity index (χ4v) is 4.13. The van der Waals surface area contributed by atoms with Crippen LogP contribution in [0.4, 0.5) is 13.2 Å². The molecule has 31 heavy (non-hydrogen) atoms. The molecule has 2 heterocycles. The van der Waals surface area contributed by atoms with E-state index in [0.29, 0.717) is 22.8 Å². The molecule has 0 amide bonds. The molecule has 0 atom stereocenters. The summed E-state index contributed by atoms with van der Waals surface area (Å²) < 4.78 is 45.7. The number of hydrogen-bond acceptors (Lipinski definition) is 4. The molecule has 5 nitrogen and oxygen atoms in total. The summed E-state index contributed by atoms with van der Waals surface area (Å²) in [6.45, 7) is 1.70. The van der Waals surface area contributed by atoms with E-state index < -0.39 is 17.7 Å². The Hall–Kier alpha value is -3.20. The number of alkyl halides is 3. The number of carboxylic acids is 1. The average molecular weight is 446 g/mol. The molecule has 2 aromatic heterocycles. The maximum atomic E-state index is 12.7. The first-order valence-electron chi connectivity index (χ1n) is 9.28. The van der Waals surface area contributed by atoms with Gasteiger partial charge in [-0.3, -0.25) is 4.79 Å². The predicted octanol–water partition coefficient (Wildman–Crippen LogP) is 6.00. The SMILES string of the molecule is Cc1nc(-c2ccc(C(F)(F)F)cc2)oc1CSc1ccc2c(ccn2CC(=O)O)c1. The van der Waals surface area contributed by atoms with Crippen LogP contribution in [0.3, 0.4) is 0 Å². The summed E-state index contributed by atoms with van der Waals surface area (Å²) in [5.41, 5.74) is 1.28. The quantitative estimate of drug-likeness (QED) is 0.368. The number of benzene rings is 2. The molecule has 0 aliphatic heterocycles. The van der Waals surface area contributed by atoms with Crippen LogP contribution in [-0.4, -0.2) is 20.6 Å². The Morgan fingerprint density at radius 2 is 1.90 bits per heavy atom. The minimum Gasteiger partial charge on any atom is -0.480 e. The van der Waals surface area contributed by atoms with Crippen molar-refractivity contribution in [3.05, 3.63) is 71.7 Å². The van der Waals surface area contributed by atoms with Crippen LogP contribution in [0.15, 0.2) is 64.0 Å². The second-order valence-corrected chi connectivity index (χ2v) is 8.00. The molecule has 4 rings (SSSR count). The highest BCUT2D eigenvalue weighted by Gasteiger charge is 2.30. The molecule has 0 spiro atoms. The number of carboxylic acid groups (broad SMARTS) is 1. The normalized spacial score (nSPS) is 11.9. The van der Waals surface area contributed by atoms with E-state index in [1.165, 1.54) is 23.9 Å². The van der Waals surface area contributed by atoms with Gasteiger partial charge in [0.1, 0.15) is 12.3 Å². The Morgan fingerprint density at radius 1 is 1.16 bits per heavy atom. The van der Waals surface area contributed by atoms with Gasteiger partial charge in [-0.15, -0.1) is 11.8 Å². The molecule has 0 saturated heterocycles. The lowest BCUT2D eigenvalue weighted by molar-refractivity contribution is -0.138. The van der Waals surface area contributed by atoms with Gasteiger partial charge in [-0.25, -0.2) is 4.98 Å². The lowest BCUT2D eigenvalue weighted by Gasteiger charge is -2.06. The van der Waals surface area contributed by atoms with Crippen LogP contribution >= 0.6 is 11.8 Å². The van der Waals surface area contributed by atoms with Crippen molar-refractivity contribution in [2.75, 3.05) is 0 Å². The number of halogens is 3. The Morgan fingerprint density at radius 3 is 2.58 bits per heavy atom. The van der Waals surface area contributed by atoms with Crippen molar-refractivity contribution in [2.45, 2.75) is 30.3 Å². The van der Waals surface area contributed by atoms with E-state index in [4.69, 9.17) is 9.52 Å². The van der Waals surface area contributed by atoms with Crippen molar-refractivity contribution >= 4 is 28.6 Å². The zero-order chi connectivity index (χ0) is 22.2. The summed E-state index contributed by atoms with van der Waals surface area (Å²) in [7, 11) is 0. The third-order valence-electron chi connectivity index (χ3n) is 4.77. The summed E-state index contributed by atoms with van der Waals surface area (Å²) >= 11 is 1.53. The number of nitrogens with zero attached hydrogens (tertiary/aromatic N) is 2. The van der Waals surface area contributed by atoms with Gasteiger partial charge in [0.25, 0.3) is 0 Å². The molecule has 0 aliphatic rings. The van der Waals surface area contributed by atoms with E-state index in [0.717, 1.165) is 27.9 Å². The van der Waals surface area contributed by atoms with Gasteiger partial charge in [0, 0.05) is 27.6 Å². The van der Waals surface area contributed by atoms with Gasteiger partial charge in [-0.1, -0.05) is 0 Å². The summed E-state index contributed by atoms with van der Waals surface area (Å²) in [4.78, 5) is 16.3. The molecule has 0 bridgehead atoms. The topological polar surface area (TPSA) is 68.3 Å². The van der Waals surface area contributed by atoms with Crippen LogP contribution in [0, 0.1) is 6.92 Å². The molecule has 0 fully saturated rings. The van der Waals surface area contributed by atoms with E-state index >= 15 is 0 Å². The zero-order valence-electron chi connectivity index (χ0n) is 16.3. The van der Waals surface area contributed by atoms with Gasteiger partial charge in [0.15, 0.2) is 0 Å². The number of carbonyl (C=O) groups is 1. The van der Waals surface area contributed by atoms with E-state index in [-0.39, 0.29) is 12.4 Å². The maximum absolute atomic E-state index is 12.7. The van der Waals surface area contributed by atoms with Crippen LogP contribution in [0.2, 0.25) is 0 Å². The second kappa shape index (κ2) is 8.14. The maximum Gasteiger partial charge on any atom is 0.416 e. The van der Waals surface area contributed by atoms with Crippen LogP contribution in [-0.2, 0) is 23.3 Å². The third-order valence-corrected chi connectivity index (χ3v) is 5.76. The van der Waals surface area contributed by atoms with Crippen molar-refractivity contribution in [3.8, 4) is 11.5 Å². The number of rotatable bonds is 6. The van der Waals surface area contributed by atoms with E-state index in [1.54, 1.807) is 17.7 Å². The summed E-state index contributed by atoms with van der Waals surface area (Å²) in [6, 6.07) is 12.3. The van der Waals surface area contributed by atoms with Gasteiger partial charge in [0.05, 0.1) is 17.0 Å². The molecule has 0 aliphatic carbocycles. The molecule has 0 unspecified atom stereocenters. The van der Waals surface area contributed by atoms with Crippen LogP contribution < -0.4 is 0 Å². The number of aromatic nitrogens is 2. The van der Waals surface area contributed by atoms with Crippen LogP contribution in [0.5, 0.6) is 0 Å². The van der Waals surface area contributed by atoms with Gasteiger partial charge < -0.3 is 14.1 Å². The Labute approximate surface area is 179 Å². The van der Waals surface area contributed by atoms with Crippen LogP contribution in [0.1, 0.15) is 17.0 Å². The minimum atomic E-state index is -4.39. The molecule has 0 saturated carbocycles. The number of oxazole rings is 1. The molecule has 4 aromatic rings. The molecule has 0 radical (unpaired) electrons. The summed E-state index contributed by atoms with van der Waals surface area (Å²) in [6.07, 6.45) is -2.65. The van der Waals surface area contributed by atoms with Gasteiger partial charge in [-0.05, 0) is 55.5 Å². The predicted molar refractivity (Wildman–Crippen MR) is 111 cm³/mol. The Kier molecular flexibility index (Phi) is 5.53. The van der Waals surface area contributed by atoms with Crippen molar-refractivity contribution in [3.63, 3.8) is 0 Å². The van der Waals surface area contributed by atoms with Gasteiger partial charge >= 0.3 is 12.1 Å². The average Bonchev–Trinajstić information content (AvgIpc) is 3.28. The summed E-state index contributed by atoms with van der Waals surface area (Å²) in [5, 5.41) is 9.91. The number of aliphatic carboxylic acids is 1. The Balaban J connectivity index is 1.48.